The van der Waals surface area contributed by atoms with E-state index in [-0.39, 0.29) is 22.1 Å². The van der Waals surface area contributed by atoms with Crippen molar-refractivity contribution < 1.29 is 17.9 Å². The van der Waals surface area contributed by atoms with Gasteiger partial charge in [-0.1, -0.05) is 17.7 Å². The molecule has 3 aromatic rings. The van der Waals surface area contributed by atoms with Crippen molar-refractivity contribution in [3.8, 4) is 9.88 Å². The summed E-state index contributed by atoms with van der Waals surface area (Å²) in [6, 6.07) is 7.50. The molecule has 0 radical (unpaired) electrons. The number of hydrogen-bond donors (Lipinski definition) is 1. The van der Waals surface area contributed by atoms with E-state index in [0.29, 0.717) is 5.69 Å². The molecular weight excluding hydrogens is 404 g/mol. The number of thiazole rings is 1. The van der Waals surface area contributed by atoms with Gasteiger partial charge < -0.3 is 4.74 Å². The van der Waals surface area contributed by atoms with Crippen LogP contribution in [0.5, 0.6) is 0 Å². The van der Waals surface area contributed by atoms with Gasteiger partial charge in [-0.25, -0.2) is 23.3 Å². The minimum atomic E-state index is -3.94. The molecule has 0 bridgehead atoms. The molecule has 0 unspecified atom stereocenters. The standard InChI is InChI=1S/C15H11ClN2O4S3/c16-12-4-3-10(25(17,20)21)6-11(12)15(19)22-7-9-8-24-14(18-9)13-2-1-5-23-13/h1-6,8H,7H2,(H2,17,20,21). The van der Waals surface area contributed by atoms with Gasteiger partial charge in [0.25, 0.3) is 0 Å². The highest BCUT2D eigenvalue weighted by Crippen LogP contribution is 2.28. The Morgan fingerprint density at radius 2 is 2.08 bits per heavy atom. The van der Waals surface area contributed by atoms with Crippen molar-refractivity contribution in [1.29, 1.82) is 0 Å². The first-order valence-electron chi connectivity index (χ1n) is 6.82. The maximum atomic E-state index is 12.2. The van der Waals surface area contributed by atoms with E-state index in [4.69, 9.17) is 21.5 Å². The average molecular weight is 415 g/mol. The van der Waals surface area contributed by atoms with E-state index in [1.807, 2.05) is 17.5 Å². The monoisotopic (exact) mass is 414 g/mol. The minimum absolute atomic E-state index is 0.0450. The van der Waals surface area contributed by atoms with Crippen molar-refractivity contribution in [2.75, 3.05) is 0 Å². The highest BCUT2D eigenvalue weighted by molar-refractivity contribution is 7.89. The van der Waals surface area contributed by atoms with Crippen molar-refractivity contribution in [2.24, 2.45) is 5.14 Å². The van der Waals surface area contributed by atoms with E-state index < -0.39 is 16.0 Å². The van der Waals surface area contributed by atoms with Gasteiger partial charge in [0, 0.05) is 5.38 Å². The van der Waals surface area contributed by atoms with Crippen molar-refractivity contribution in [2.45, 2.75) is 11.5 Å². The van der Waals surface area contributed by atoms with Crippen molar-refractivity contribution in [3.63, 3.8) is 0 Å². The van der Waals surface area contributed by atoms with Crippen LogP contribution in [0.1, 0.15) is 16.1 Å². The quantitative estimate of drug-likeness (QED) is 0.644. The number of carbonyl (C=O) groups is 1. The van der Waals surface area contributed by atoms with E-state index in [2.05, 4.69) is 4.98 Å². The molecule has 1 aromatic carbocycles. The number of thiophene rings is 1. The number of hydrogen-bond acceptors (Lipinski definition) is 7. The second-order valence-corrected chi connectivity index (χ2v) is 8.66. The number of ether oxygens (including phenoxy) is 1. The molecule has 2 aromatic heterocycles. The minimum Gasteiger partial charge on any atom is -0.456 e. The number of carbonyl (C=O) groups excluding carboxylic acids is 1. The number of primary sulfonamides is 1. The van der Waals surface area contributed by atoms with E-state index in [9.17, 15) is 13.2 Å². The zero-order valence-electron chi connectivity index (χ0n) is 12.5. The van der Waals surface area contributed by atoms with Crippen LogP contribution in [0.4, 0.5) is 0 Å². The Kier molecular flexibility index (Phi) is 5.21. The zero-order chi connectivity index (χ0) is 18.0. The van der Waals surface area contributed by atoms with Crippen LogP contribution in [-0.4, -0.2) is 19.4 Å². The fraction of sp³-hybridized carbons (Fsp3) is 0.0667. The molecule has 2 heterocycles. The average Bonchev–Trinajstić information content (AvgIpc) is 3.23. The van der Waals surface area contributed by atoms with E-state index in [1.54, 1.807) is 16.7 Å². The predicted octanol–water partition coefficient (Wildman–Crippen LogP) is 3.53. The van der Waals surface area contributed by atoms with E-state index >= 15 is 0 Å². The third kappa shape index (κ3) is 4.25. The lowest BCUT2D eigenvalue weighted by Crippen LogP contribution is -2.14. The van der Waals surface area contributed by atoms with Crippen LogP contribution >= 0.6 is 34.3 Å². The number of benzene rings is 1. The molecule has 0 aliphatic heterocycles. The summed E-state index contributed by atoms with van der Waals surface area (Å²) in [7, 11) is -3.94. The van der Waals surface area contributed by atoms with Crippen LogP contribution in [0.3, 0.4) is 0 Å². The molecule has 130 valence electrons. The molecule has 0 fully saturated rings. The Balaban J connectivity index is 1.73. The van der Waals surface area contributed by atoms with Gasteiger partial charge in [0.05, 0.1) is 26.1 Å². The maximum absolute atomic E-state index is 12.2. The molecule has 0 aliphatic carbocycles. The third-order valence-corrected chi connectivity index (χ3v) is 6.29. The zero-order valence-corrected chi connectivity index (χ0v) is 15.7. The Bertz CT molecular complexity index is 1010. The topological polar surface area (TPSA) is 99.4 Å². The predicted molar refractivity (Wildman–Crippen MR) is 97.4 cm³/mol. The summed E-state index contributed by atoms with van der Waals surface area (Å²) in [4.78, 5) is 17.4. The van der Waals surface area contributed by atoms with Gasteiger partial charge in [0.2, 0.25) is 10.0 Å². The second kappa shape index (κ2) is 7.22. The summed E-state index contributed by atoms with van der Waals surface area (Å²) in [5.74, 6) is -0.749. The lowest BCUT2D eigenvalue weighted by atomic mass is 10.2. The summed E-state index contributed by atoms with van der Waals surface area (Å²) >= 11 is 8.97. The van der Waals surface area contributed by atoms with Gasteiger partial charge in [-0.2, -0.15) is 0 Å². The molecular formula is C15H11ClN2O4S3. The molecule has 0 saturated heterocycles. The summed E-state index contributed by atoms with van der Waals surface area (Å²) < 4.78 is 28.0. The Morgan fingerprint density at radius 1 is 1.28 bits per heavy atom. The molecule has 6 nitrogen and oxygen atoms in total. The number of nitrogens with zero attached hydrogens (tertiary/aromatic N) is 1. The normalized spacial score (nSPS) is 11.4. The molecule has 0 spiro atoms. The van der Waals surface area contributed by atoms with Gasteiger partial charge in [-0.05, 0) is 29.6 Å². The number of esters is 1. The molecule has 0 aliphatic rings. The Hall–Kier alpha value is -1.78. The Morgan fingerprint density at radius 3 is 2.76 bits per heavy atom. The fourth-order valence-corrected chi connectivity index (χ4v) is 4.29. The van der Waals surface area contributed by atoms with Gasteiger partial charge in [0.15, 0.2) is 0 Å². The molecule has 3 rings (SSSR count). The van der Waals surface area contributed by atoms with Crippen molar-refractivity contribution in [1.82, 2.24) is 4.98 Å². The first kappa shape index (κ1) is 18.0. The summed E-state index contributed by atoms with van der Waals surface area (Å²) in [6.45, 7) is -0.0450. The van der Waals surface area contributed by atoms with Crippen molar-refractivity contribution >= 4 is 50.3 Å². The van der Waals surface area contributed by atoms with Crippen LogP contribution in [-0.2, 0) is 21.4 Å². The Labute approximate surface area is 156 Å². The van der Waals surface area contributed by atoms with Gasteiger partial charge >= 0.3 is 5.97 Å². The lowest BCUT2D eigenvalue weighted by molar-refractivity contribution is 0.0468. The first-order chi connectivity index (χ1) is 11.8. The molecule has 0 amide bonds. The van der Waals surface area contributed by atoms with Crippen molar-refractivity contribution in [3.05, 3.63) is 57.4 Å². The molecule has 2 N–H and O–H groups in total. The van der Waals surface area contributed by atoms with Crippen LogP contribution in [0.2, 0.25) is 5.02 Å². The highest BCUT2D eigenvalue weighted by atomic mass is 35.5. The summed E-state index contributed by atoms with van der Waals surface area (Å²) in [5.41, 5.74) is 0.530. The number of aromatic nitrogens is 1. The molecule has 10 heteroatoms. The SMILES string of the molecule is NS(=O)(=O)c1ccc(Cl)c(C(=O)OCc2csc(-c3cccs3)n2)c1. The van der Waals surface area contributed by atoms with Gasteiger partial charge in [-0.15, -0.1) is 22.7 Å². The van der Waals surface area contributed by atoms with E-state index in [1.165, 1.54) is 23.5 Å². The van der Waals surface area contributed by atoms with Gasteiger partial charge in [-0.3, -0.25) is 0 Å². The van der Waals surface area contributed by atoms with Crippen LogP contribution in [0.25, 0.3) is 9.88 Å². The molecule has 25 heavy (non-hydrogen) atoms. The second-order valence-electron chi connectivity index (χ2n) is 4.88. The summed E-state index contributed by atoms with van der Waals surface area (Å²) in [5, 5.41) is 9.73. The number of sulfonamides is 1. The largest absolute Gasteiger partial charge is 0.456 e. The van der Waals surface area contributed by atoms with Crippen LogP contribution < -0.4 is 5.14 Å². The lowest BCUT2D eigenvalue weighted by Gasteiger charge is -2.06. The number of rotatable bonds is 5. The fourth-order valence-electron chi connectivity index (χ4n) is 1.94. The number of nitrogens with two attached hydrogens (primary N) is 1. The smallest absolute Gasteiger partial charge is 0.340 e. The molecule has 0 atom stereocenters. The first-order valence-corrected chi connectivity index (χ1v) is 10.5. The summed E-state index contributed by atoms with van der Waals surface area (Å²) in [6.07, 6.45) is 0. The van der Waals surface area contributed by atoms with Crippen LogP contribution in [0.15, 0.2) is 46.0 Å². The third-order valence-electron chi connectivity index (χ3n) is 3.12. The number of halogens is 1. The van der Waals surface area contributed by atoms with Gasteiger partial charge in [0.1, 0.15) is 11.6 Å². The maximum Gasteiger partial charge on any atom is 0.340 e. The molecule has 0 saturated carbocycles. The highest BCUT2D eigenvalue weighted by Gasteiger charge is 2.17. The van der Waals surface area contributed by atoms with Crippen LogP contribution in [0, 0.1) is 0 Å². The van der Waals surface area contributed by atoms with E-state index in [0.717, 1.165) is 16.0 Å².